The van der Waals surface area contributed by atoms with Crippen molar-refractivity contribution in [3.63, 3.8) is 0 Å². The van der Waals surface area contributed by atoms with Crippen molar-refractivity contribution in [3.8, 4) is 0 Å². The summed E-state index contributed by atoms with van der Waals surface area (Å²) in [4.78, 5) is 0. The zero-order valence-electron chi connectivity index (χ0n) is 8.29. The van der Waals surface area contributed by atoms with Gasteiger partial charge in [0.05, 0.1) is 0 Å². The first-order chi connectivity index (χ1) is 6.53. The SMILES string of the molecule is CC1CCCP1(F)(F)c1ccccc1. The zero-order chi connectivity index (χ0) is 10.3. The van der Waals surface area contributed by atoms with Gasteiger partial charge in [-0.25, -0.2) is 0 Å². The van der Waals surface area contributed by atoms with Gasteiger partial charge in [0.2, 0.25) is 0 Å². The van der Waals surface area contributed by atoms with E-state index in [-0.39, 0.29) is 6.16 Å². The summed E-state index contributed by atoms with van der Waals surface area (Å²) in [6.07, 6.45) is 1.48. The Kier molecular flexibility index (Phi) is 2.15. The second kappa shape index (κ2) is 3.00. The van der Waals surface area contributed by atoms with E-state index in [2.05, 4.69) is 0 Å². The normalized spacial score (nSPS) is 31.9. The fourth-order valence-electron chi connectivity index (χ4n) is 2.27. The number of benzene rings is 1. The van der Waals surface area contributed by atoms with E-state index in [4.69, 9.17) is 0 Å². The zero-order valence-corrected chi connectivity index (χ0v) is 9.18. The Morgan fingerprint density at radius 2 is 1.86 bits per heavy atom. The van der Waals surface area contributed by atoms with Crippen molar-refractivity contribution >= 4 is 12.5 Å². The molecule has 0 saturated carbocycles. The van der Waals surface area contributed by atoms with E-state index >= 15 is 0 Å². The van der Waals surface area contributed by atoms with Gasteiger partial charge in [0, 0.05) is 0 Å². The first-order valence-corrected chi connectivity index (χ1v) is 7.30. The van der Waals surface area contributed by atoms with E-state index in [1.807, 2.05) is 0 Å². The molecule has 0 bridgehead atoms. The first-order valence-electron chi connectivity index (χ1n) is 5.03. The average molecular weight is 216 g/mol. The predicted molar refractivity (Wildman–Crippen MR) is 58.8 cm³/mol. The minimum atomic E-state index is -4.54. The summed E-state index contributed by atoms with van der Waals surface area (Å²) in [6, 6.07) is 8.42. The minimum absolute atomic E-state index is 0.122. The third-order valence-electron chi connectivity index (χ3n) is 3.34. The third kappa shape index (κ3) is 1.28. The second-order valence-corrected chi connectivity index (χ2v) is 8.31. The van der Waals surface area contributed by atoms with Gasteiger partial charge in [-0.2, -0.15) is 0 Å². The maximum absolute atomic E-state index is 14.6. The molecule has 0 radical (unpaired) electrons. The van der Waals surface area contributed by atoms with Crippen molar-refractivity contribution in [2.24, 2.45) is 0 Å². The van der Waals surface area contributed by atoms with Gasteiger partial charge < -0.3 is 0 Å². The van der Waals surface area contributed by atoms with Gasteiger partial charge in [0.25, 0.3) is 0 Å². The van der Waals surface area contributed by atoms with Crippen LogP contribution in [-0.2, 0) is 0 Å². The summed E-state index contributed by atoms with van der Waals surface area (Å²) in [7, 11) is -4.54. The predicted octanol–water partition coefficient (Wildman–Crippen LogP) is 3.82. The van der Waals surface area contributed by atoms with Crippen LogP contribution in [0.2, 0.25) is 0 Å². The van der Waals surface area contributed by atoms with Crippen LogP contribution in [0.15, 0.2) is 30.3 Å². The third-order valence-corrected chi connectivity index (χ3v) is 7.81. The molecule has 0 aliphatic carbocycles. The second-order valence-electron chi connectivity index (χ2n) is 4.19. The molecule has 14 heavy (non-hydrogen) atoms. The Labute approximate surface area is 83.5 Å². The van der Waals surface area contributed by atoms with Gasteiger partial charge in [0.15, 0.2) is 0 Å². The Balaban J connectivity index is 2.50. The van der Waals surface area contributed by atoms with Gasteiger partial charge in [0.1, 0.15) is 0 Å². The van der Waals surface area contributed by atoms with E-state index in [0.29, 0.717) is 18.1 Å². The molecule has 1 fully saturated rings. The molecule has 1 aliphatic heterocycles. The molecule has 3 heteroatoms. The van der Waals surface area contributed by atoms with E-state index < -0.39 is 12.9 Å². The molecular formula is C11H15F2P. The molecule has 0 amide bonds. The van der Waals surface area contributed by atoms with Crippen LogP contribution in [0, 0.1) is 0 Å². The molecule has 1 aliphatic rings. The Bertz CT molecular complexity index is 334. The van der Waals surface area contributed by atoms with Crippen molar-refractivity contribution in [2.75, 3.05) is 6.16 Å². The summed E-state index contributed by atoms with van der Waals surface area (Å²) >= 11 is 0. The number of hydrogen-bond donors (Lipinski definition) is 0. The molecule has 1 heterocycles. The topological polar surface area (TPSA) is 0 Å². The monoisotopic (exact) mass is 216 g/mol. The fraction of sp³-hybridized carbons (Fsp3) is 0.455. The van der Waals surface area contributed by atoms with E-state index in [9.17, 15) is 8.39 Å². The van der Waals surface area contributed by atoms with E-state index in [1.165, 1.54) is 0 Å². The number of rotatable bonds is 1. The molecule has 1 saturated heterocycles. The van der Waals surface area contributed by atoms with Crippen LogP contribution in [0.5, 0.6) is 0 Å². The molecule has 1 unspecified atom stereocenters. The fourth-order valence-corrected chi connectivity index (χ4v) is 5.71. The van der Waals surface area contributed by atoms with E-state index in [1.54, 1.807) is 37.3 Å². The van der Waals surface area contributed by atoms with Crippen molar-refractivity contribution in [1.82, 2.24) is 0 Å². The molecule has 0 spiro atoms. The quantitative estimate of drug-likeness (QED) is 0.626. The molecule has 2 rings (SSSR count). The molecule has 0 nitrogen and oxygen atoms in total. The Morgan fingerprint density at radius 3 is 2.36 bits per heavy atom. The van der Waals surface area contributed by atoms with Crippen LogP contribution in [0.1, 0.15) is 19.8 Å². The average Bonchev–Trinajstić information content (AvgIpc) is 2.46. The molecule has 0 N–H and O–H groups in total. The van der Waals surface area contributed by atoms with E-state index in [0.717, 1.165) is 0 Å². The van der Waals surface area contributed by atoms with Gasteiger partial charge in [-0.1, -0.05) is 0 Å². The van der Waals surface area contributed by atoms with Crippen molar-refractivity contribution in [2.45, 2.75) is 25.4 Å². The van der Waals surface area contributed by atoms with Gasteiger partial charge in [-0.3, -0.25) is 0 Å². The van der Waals surface area contributed by atoms with Crippen LogP contribution in [-0.4, -0.2) is 11.8 Å². The summed E-state index contributed by atoms with van der Waals surface area (Å²) in [5, 5.41) is 0.309. The molecule has 1 aromatic rings. The number of halogens is 2. The Morgan fingerprint density at radius 1 is 1.21 bits per heavy atom. The van der Waals surface area contributed by atoms with Crippen LogP contribution in [0.3, 0.4) is 0 Å². The van der Waals surface area contributed by atoms with Crippen molar-refractivity contribution < 1.29 is 8.39 Å². The van der Waals surface area contributed by atoms with Crippen LogP contribution < -0.4 is 5.30 Å². The molecule has 78 valence electrons. The van der Waals surface area contributed by atoms with Gasteiger partial charge in [-0.15, -0.1) is 0 Å². The summed E-state index contributed by atoms with van der Waals surface area (Å²) < 4.78 is 29.2. The maximum atomic E-state index is 14.6. The molecular weight excluding hydrogens is 201 g/mol. The van der Waals surface area contributed by atoms with Crippen LogP contribution >= 0.6 is 7.22 Å². The van der Waals surface area contributed by atoms with Crippen molar-refractivity contribution in [3.05, 3.63) is 30.3 Å². The number of hydrogen-bond acceptors (Lipinski definition) is 0. The molecule has 1 atom stereocenters. The first kappa shape index (κ1) is 10.0. The summed E-state index contributed by atoms with van der Waals surface area (Å²) in [6.45, 7) is 1.71. The van der Waals surface area contributed by atoms with Gasteiger partial charge >= 0.3 is 82.8 Å². The molecule has 1 aromatic carbocycles. The van der Waals surface area contributed by atoms with Crippen molar-refractivity contribution in [1.29, 1.82) is 0 Å². The molecule has 0 aromatic heterocycles. The van der Waals surface area contributed by atoms with Crippen LogP contribution in [0.25, 0.3) is 0 Å². The van der Waals surface area contributed by atoms with Crippen LogP contribution in [0.4, 0.5) is 8.39 Å². The Hall–Kier alpha value is -0.490. The summed E-state index contributed by atoms with van der Waals surface area (Å²) in [5.41, 5.74) is -0.414. The van der Waals surface area contributed by atoms with Gasteiger partial charge in [-0.05, 0) is 0 Å². The summed E-state index contributed by atoms with van der Waals surface area (Å²) in [5.74, 6) is 0. The standard InChI is InChI=1S/C11H15F2P/c1-10-6-5-9-14(10,12,13)11-7-3-2-4-8-11/h2-4,7-8,10H,5-6,9H2,1H3.